The van der Waals surface area contributed by atoms with Gasteiger partial charge >= 0.3 is 0 Å². The van der Waals surface area contributed by atoms with Gasteiger partial charge in [-0.2, -0.15) is 0 Å². The first-order valence-electron chi connectivity index (χ1n) is 9.59. The molecule has 0 aromatic heterocycles. The second kappa shape index (κ2) is 6.63. The molecule has 2 aliphatic heterocycles. The van der Waals surface area contributed by atoms with Gasteiger partial charge in [-0.15, -0.1) is 0 Å². The maximum atomic E-state index is 15.4. The van der Waals surface area contributed by atoms with Crippen LogP contribution in [0.2, 0.25) is 0 Å². The van der Waals surface area contributed by atoms with E-state index in [2.05, 4.69) is 58.3 Å². The topological polar surface area (TPSA) is 6.48 Å². The van der Waals surface area contributed by atoms with Crippen molar-refractivity contribution in [2.45, 2.75) is 91.4 Å². The zero-order valence-electron chi connectivity index (χ0n) is 16.6. The summed E-state index contributed by atoms with van der Waals surface area (Å²) in [6.45, 7) is 19.5. The third-order valence-corrected chi connectivity index (χ3v) is 6.33. The van der Waals surface area contributed by atoms with Crippen LogP contribution in [0.25, 0.3) is 0 Å². The van der Waals surface area contributed by atoms with Crippen LogP contribution in [-0.4, -0.2) is 53.2 Å². The van der Waals surface area contributed by atoms with Gasteiger partial charge < -0.3 is 0 Å². The summed E-state index contributed by atoms with van der Waals surface area (Å²) >= 11 is 0. The zero-order valence-corrected chi connectivity index (χ0v) is 16.6. The van der Waals surface area contributed by atoms with Crippen LogP contribution in [0.15, 0.2) is 0 Å². The van der Waals surface area contributed by atoms with Crippen molar-refractivity contribution >= 4 is 0 Å². The number of alkyl halides is 1. The van der Waals surface area contributed by atoms with E-state index < -0.39 is 5.67 Å². The molecule has 2 fully saturated rings. The number of hydrogen-bond donors (Lipinski definition) is 0. The largest absolute Gasteiger partial charge is 0.298 e. The lowest BCUT2D eigenvalue weighted by molar-refractivity contribution is -0.0271. The Morgan fingerprint density at radius 2 is 1.57 bits per heavy atom. The minimum Gasteiger partial charge on any atom is -0.298 e. The molecule has 0 amide bonds. The van der Waals surface area contributed by atoms with Crippen LogP contribution in [0.3, 0.4) is 0 Å². The van der Waals surface area contributed by atoms with E-state index >= 15 is 4.39 Å². The Kier molecular flexibility index (Phi) is 5.53. The van der Waals surface area contributed by atoms with Crippen LogP contribution in [0.4, 0.5) is 4.39 Å². The summed E-state index contributed by atoms with van der Waals surface area (Å²) in [6.07, 6.45) is 3.82. The molecule has 2 unspecified atom stereocenters. The van der Waals surface area contributed by atoms with E-state index in [1.807, 2.05) is 0 Å². The van der Waals surface area contributed by atoms with Gasteiger partial charge in [0.05, 0.1) is 0 Å². The Labute approximate surface area is 143 Å². The average molecular weight is 327 g/mol. The molecule has 0 N–H and O–H groups in total. The van der Waals surface area contributed by atoms with Gasteiger partial charge in [-0.05, 0) is 71.3 Å². The molecule has 0 aromatic rings. The van der Waals surface area contributed by atoms with Crippen LogP contribution >= 0.6 is 0 Å². The highest BCUT2D eigenvalue weighted by Crippen LogP contribution is 2.38. The molecular formula is C20H39FN2. The van der Waals surface area contributed by atoms with E-state index in [0.717, 1.165) is 25.6 Å². The van der Waals surface area contributed by atoms with Crippen molar-refractivity contribution in [2.75, 3.05) is 26.2 Å². The maximum absolute atomic E-state index is 15.4. The molecule has 0 spiro atoms. The Morgan fingerprint density at radius 3 is 2.00 bits per heavy atom. The summed E-state index contributed by atoms with van der Waals surface area (Å²) in [5.74, 6) is 0.770. The van der Waals surface area contributed by atoms with Crippen molar-refractivity contribution < 1.29 is 4.39 Å². The fraction of sp³-hybridized carbons (Fsp3) is 1.00. The quantitative estimate of drug-likeness (QED) is 0.723. The summed E-state index contributed by atoms with van der Waals surface area (Å²) < 4.78 is 15.4. The number of piperidine rings is 2. The molecule has 0 aromatic carbocycles. The summed E-state index contributed by atoms with van der Waals surface area (Å²) in [5, 5.41) is 0. The number of halogens is 1. The summed E-state index contributed by atoms with van der Waals surface area (Å²) in [4.78, 5) is 4.86. The lowest BCUT2D eigenvalue weighted by Gasteiger charge is -2.48. The summed E-state index contributed by atoms with van der Waals surface area (Å²) in [5.41, 5.74) is -0.434. The molecule has 0 radical (unpaired) electrons. The van der Waals surface area contributed by atoms with E-state index in [1.165, 1.54) is 12.8 Å². The maximum Gasteiger partial charge on any atom is 0.126 e. The highest BCUT2D eigenvalue weighted by molar-refractivity contribution is 4.95. The number of likely N-dealkylation sites (tertiary alicyclic amines) is 2. The van der Waals surface area contributed by atoms with E-state index in [0.29, 0.717) is 30.8 Å². The van der Waals surface area contributed by atoms with Crippen LogP contribution < -0.4 is 0 Å². The fourth-order valence-corrected chi connectivity index (χ4v) is 4.34. The van der Waals surface area contributed by atoms with Gasteiger partial charge in [0.15, 0.2) is 0 Å². The highest BCUT2D eigenvalue weighted by atomic mass is 19.1. The van der Waals surface area contributed by atoms with Crippen molar-refractivity contribution in [3.05, 3.63) is 0 Å². The fourth-order valence-electron chi connectivity index (χ4n) is 4.34. The molecule has 2 aliphatic rings. The molecule has 23 heavy (non-hydrogen) atoms. The summed E-state index contributed by atoms with van der Waals surface area (Å²) in [6, 6.07) is 0.515. The molecule has 0 aliphatic carbocycles. The molecule has 3 heteroatoms. The van der Waals surface area contributed by atoms with E-state index in [9.17, 15) is 0 Å². The lowest BCUT2D eigenvalue weighted by Crippen LogP contribution is -2.55. The highest BCUT2D eigenvalue weighted by Gasteiger charge is 2.41. The first-order valence-corrected chi connectivity index (χ1v) is 9.59. The monoisotopic (exact) mass is 326 g/mol. The van der Waals surface area contributed by atoms with Gasteiger partial charge in [0, 0.05) is 31.2 Å². The van der Waals surface area contributed by atoms with Crippen molar-refractivity contribution in [1.82, 2.24) is 9.80 Å². The van der Waals surface area contributed by atoms with Gasteiger partial charge in [-0.1, -0.05) is 20.8 Å². The first-order chi connectivity index (χ1) is 10.4. The third kappa shape index (κ3) is 4.92. The Morgan fingerprint density at radius 1 is 1.00 bits per heavy atom. The minimum atomic E-state index is -0.982. The van der Waals surface area contributed by atoms with Gasteiger partial charge in [-0.25, -0.2) is 4.39 Å². The average Bonchev–Trinajstić information content (AvgIpc) is 2.39. The van der Waals surface area contributed by atoms with Gasteiger partial charge in [-0.3, -0.25) is 9.80 Å². The van der Waals surface area contributed by atoms with E-state index in [-0.39, 0.29) is 5.54 Å². The van der Waals surface area contributed by atoms with Crippen molar-refractivity contribution in [3.63, 3.8) is 0 Å². The minimum absolute atomic E-state index is 0.166. The third-order valence-electron chi connectivity index (χ3n) is 6.33. The van der Waals surface area contributed by atoms with E-state index in [1.54, 1.807) is 0 Å². The molecule has 2 heterocycles. The number of nitrogens with zero attached hydrogens (tertiary/aromatic N) is 2. The van der Waals surface area contributed by atoms with Crippen LogP contribution in [0, 0.1) is 11.3 Å². The Bertz CT molecular complexity index is 385. The standard InChI is InChI=1S/C20H39FN2/c1-16-14-17(18(2,3)4)8-11-22(16)15-20(21)9-12-23(13-10-20)19(5,6)7/h16-17H,8-15H2,1-7H3. The lowest BCUT2D eigenvalue weighted by atomic mass is 9.73. The smallest absolute Gasteiger partial charge is 0.126 e. The summed E-state index contributed by atoms with van der Waals surface area (Å²) in [7, 11) is 0. The Balaban J connectivity index is 1.88. The van der Waals surface area contributed by atoms with Crippen LogP contribution in [0.1, 0.15) is 74.1 Å². The van der Waals surface area contributed by atoms with Gasteiger partial charge in [0.2, 0.25) is 0 Å². The second-order valence-electron chi connectivity index (χ2n) is 10.2. The van der Waals surface area contributed by atoms with Crippen molar-refractivity contribution in [1.29, 1.82) is 0 Å². The molecule has 136 valence electrons. The second-order valence-corrected chi connectivity index (χ2v) is 10.2. The van der Waals surface area contributed by atoms with Gasteiger partial charge in [0.1, 0.15) is 5.67 Å². The van der Waals surface area contributed by atoms with Crippen molar-refractivity contribution in [3.8, 4) is 0 Å². The van der Waals surface area contributed by atoms with E-state index in [4.69, 9.17) is 0 Å². The van der Waals surface area contributed by atoms with Crippen molar-refractivity contribution in [2.24, 2.45) is 11.3 Å². The predicted octanol–water partition coefficient (Wildman–Crippen LogP) is 4.74. The van der Waals surface area contributed by atoms with Crippen LogP contribution in [-0.2, 0) is 0 Å². The first kappa shape index (κ1) is 19.2. The molecule has 2 atom stereocenters. The normalized spacial score (nSPS) is 31.3. The number of rotatable bonds is 2. The predicted molar refractivity (Wildman–Crippen MR) is 97.6 cm³/mol. The molecule has 2 rings (SSSR count). The SMILES string of the molecule is CC1CC(C(C)(C)C)CCN1CC1(F)CCN(C(C)(C)C)CC1. The zero-order chi connectivity index (χ0) is 17.5. The molecule has 0 bridgehead atoms. The molecule has 2 saturated heterocycles. The van der Waals surface area contributed by atoms with Gasteiger partial charge in [0.25, 0.3) is 0 Å². The molecule has 0 saturated carbocycles. The molecule has 2 nitrogen and oxygen atoms in total. The van der Waals surface area contributed by atoms with Crippen LogP contribution in [0.5, 0.6) is 0 Å². The Hall–Kier alpha value is -0.150. The number of hydrogen-bond acceptors (Lipinski definition) is 2. The molecular weight excluding hydrogens is 287 g/mol.